The lowest BCUT2D eigenvalue weighted by Crippen LogP contribution is -2.33. The van der Waals surface area contributed by atoms with E-state index in [1.54, 1.807) is 12.1 Å². The lowest BCUT2D eigenvalue weighted by molar-refractivity contribution is -0.120. The molecule has 4 rings (SSSR count). The summed E-state index contributed by atoms with van der Waals surface area (Å²) in [4.78, 5) is 35.7. The topological polar surface area (TPSA) is 119 Å². The Labute approximate surface area is 190 Å². The predicted octanol–water partition coefficient (Wildman–Crippen LogP) is 2.05. The number of carbonyl (C=O) groups is 1. The van der Waals surface area contributed by atoms with Crippen LogP contribution in [0.3, 0.4) is 0 Å². The van der Waals surface area contributed by atoms with Gasteiger partial charge in [-0.25, -0.2) is 4.98 Å². The molecular formula is C25H24N4O4. The molecule has 0 fully saturated rings. The normalized spacial score (nSPS) is 10.8. The van der Waals surface area contributed by atoms with Crippen molar-refractivity contribution in [1.29, 1.82) is 0 Å². The third kappa shape index (κ3) is 5.02. The second kappa shape index (κ2) is 9.97. The molecule has 168 valence electrons. The van der Waals surface area contributed by atoms with Gasteiger partial charge in [0, 0.05) is 19.3 Å². The number of nitrogens with one attached hydrogen (secondary N) is 1. The van der Waals surface area contributed by atoms with Crippen molar-refractivity contribution in [3.05, 3.63) is 106 Å². The fourth-order valence-corrected chi connectivity index (χ4v) is 3.51. The first kappa shape index (κ1) is 22.0. The van der Waals surface area contributed by atoms with Crippen LogP contribution in [0.25, 0.3) is 11.0 Å². The van der Waals surface area contributed by atoms with Crippen LogP contribution in [0, 0.1) is 0 Å². The zero-order valence-corrected chi connectivity index (χ0v) is 17.9. The second-order valence-corrected chi connectivity index (χ2v) is 7.54. The molecule has 0 aliphatic carbocycles. The van der Waals surface area contributed by atoms with Crippen molar-refractivity contribution in [2.45, 2.75) is 26.1 Å². The van der Waals surface area contributed by atoms with Crippen molar-refractivity contribution in [2.24, 2.45) is 5.73 Å². The van der Waals surface area contributed by atoms with Crippen LogP contribution in [0.15, 0.2) is 77.7 Å². The van der Waals surface area contributed by atoms with Gasteiger partial charge in [-0.15, -0.1) is 4.73 Å². The molecule has 0 atom stereocenters. The van der Waals surface area contributed by atoms with Crippen LogP contribution in [0.5, 0.6) is 5.75 Å². The first-order chi connectivity index (χ1) is 16.1. The van der Waals surface area contributed by atoms with Crippen molar-refractivity contribution in [2.75, 3.05) is 0 Å². The second-order valence-electron chi connectivity index (χ2n) is 7.54. The highest BCUT2D eigenvalue weighted by Crippen LogP contribution is 2.25. The summed E-state index contributed by atoms with van der Waals surface area (Å²) in [7, 11) is 0. The highest BCUT2D eigenvalue weighted by molar-refractivity contribution is 5.86. The Morgan fingerprint density at radius 1 is 1.03 bits per heavy atom. The zero-order valence-electron chi connectivity index (χ0n) is 17.9. The summed E-state index contributed by atoms with van der Waals surface area (Å²) in [5, 5.41) is 13.8. The molecule has 4 N–H and O–H groups in total. The molecule has 2 heterocycles. The fourth-order valence-electron chi connectivity index (χ4n) is 3.51. The minimum absolute atomic E-state index is 0.0585. The van der Waals surface area contributed by atoms with Crippen LogP contribution < -0.4 is 21.4 Å². The molecule has 0 unspecified atom stereocenters. The van der Waals surface area contributed by atoms with Gasteiger partial charge in [0.05, 0.1) is 17.4 Å². The Morgan fingerprint density at radius 2 is 1.79 bits per heavy atom. The molecule has 1 amide bonds. The first-order valence-corrected chi connectivity index (χ1v) is 10.5. The van der Waals surface area contributed by atoms with Crippen LogP contribution in [0.4, 0.5) is 0 Å². The van der Waals surface area contributed by atoms with Gasteiger partial charge >= 0.3 is 0 Å². The molecule has 8 nitrogen and oxygen atoms in total. The molecule has 0 saturated heterocycles. The first-order valence-electron chi connectivity index (χ1n) is 10.5. The van der Waals surface area contributed by atoms with Gasteiger partial charge in [-0.3, -0.25) is 9.59 Å². The smallest absolute Gasteiger partial charge is 0.292 e. The van der Waals surface area contributed by atoms with Gasteiger partial charge in [-0.1, -0.05) is 54.6 Å². The molecule has 4 aromatic rings. The number of aromatic nitrogens is 2. The summed E-state index contributed by atoms with van der Waals surface area (Å²) in [5.41, 5.74) is 7.86. The Kier molecular flexibility index (Phi) is 6.66. The number of amides is 1. The molecule has 0 spiro atoms. The van der Waals surface area contributed by atoms with Gasteiger partial charge in [0.15, 0.2) is 5.65 Å². The molecule has 8 heteroatoms. The monoisotopic (exact) mass is 444 g/mol. The number of nitrogens with zero attached hydrogens (tertiary/aromatic N) is 2. The van der Waals surface area contributed by atoms with Gasteiger partial charge in [-0.05, 0) is 28.8 Å². The molecular weight excluding hydrogens is 420 g/mol. The maximum Gasteiger partial charge on any atom is 0.292 e. The standard InChI is InChI=1S/C25H24N4O4/c26-14-18-8-4-9-19(12-18)15-28-22(30)13-21-23(31)20-10-5-11-27-24(20)29(25(21)32)33-16-17-6-2-1-3-7-17/h1-12,31H,13-16,26H2,(H,28,30). The number of aromatic hydroxyl groups is 1. The average molecular weight is 444 g/mol. The number of hydrogen-bond donors (Lipinski definition) is 3. The molecule has 0 saturated carbocycles. The van der Waals surface area contributed by atoms with Gasteiger partial charge in [0.25, 0.3) is 5.56 Å². The molecule has 0 bridgehead atoms. The van der Waals surface area contributed by atoms with Crippen LogP contribution in [0.1, 0.15) is 22.3 Å². The maximum atomic E-state index is 13.2. The van der Waals surface area contributed by atoms with Crippen molar-refractivity contribution in [1.82, 2.24) is 15.0 Å². The van der Waals surface area contributed by atoms with E-state index in [9.17, 15) is 14.7 Å². The summed E-state index contributed by atoms with van der Waals surface area (Å²) >= 11 is 0. The van der Waals surface area contributed by atoms with Crippen molar-refractivity contribution in [3.8, 4) is 5.75 Å². The van der Waals surface area contributed by atoms with Crippen molar-refractivity contribution in [3.63, 3.8) is 0 Å². The van der Waals surface area contributed by atoms with E-state index in [1.807, 2.05) is 54.6 Å². The van der Waals surface area contributed by atoms with Gasteiger partial charge in [-0.2, -0.15) is 0 Å². The Bertz CT molecular complexity index is 1340. The van der Waals surface area contributed by atoms with E-state index in [1.165, 1.54) is 6.20 Å². The van der Waals surface area contributed by atoms with Crippen LogP contribution in [-0.4, -0.2) is 20.7 Å². The largest absolute Gasteiger partial charge is 0.507 e. The Morgan fingerprint density at radius 3 is 2.58 bits per heavy atom. The highest BCUT2D eigenvalue weighted by atomic mass is 16.7. The molecule has 0 aliphatic heterocycles. The van der Waals surface area contributed by atoms with Gasteiger partial charge < -0.3 is 21.0 Å². The molecule has 33 heavy (non-hydrogen) atoms. The van der Waals surface area contributed by atoms with Crippen molar-refractivity contribution < 1.29 is 14.7 Å². The number of rotatable bonds is 8. The SMILES string of the molecule is NCc1cccc(CNC(=O)Cc2c(O)c3cccnc3n(OCc3ccccc3)c2=O)c1. The highest BCUT2D eigenvalue weighted by Gasteiger charge is 2.20. The number of hydrogen-bond acceptors (Lipinski definition) is 6. The van der Waals surface area contributed by atoms with E-state index in [0.717, 1.165) is 21.4 Å². The summed E-state index contributed by atoms with van der Waals surface area (Å²) in [6, 6.07) is 20.2. The number of benzene rings is 2. The van der Waals surface area contributed by atoms with E-state index in [0.29, 0.717) is 11.9 Å². The van der Waals surface area contributed by atoms with Crippen LogP contribution in [-0.2, 0) is 30.9 Å². The number of nitrogens with two attached hydrogens (primary N) is 1. The van der Waals surface area contributed by atoms with Gasteiger partial charge in [0.2, 0.25) is 5.91 Å². The number of carbonyl (C=O) groups excluding carboxylic acids is 1. The summed E-state index contributed by atoms with van der Waals surface area (Å²) in [6.07, 6.45) is 1.20. The minimum atomic E-state index is -0.630. The molecule has 0 radical (unpaired) electrons. The summed E-state index contributed by atoms with van der Waals surface area (Å²) < 4.78 is 1.04. The van der Waals surface area contributed by atoms with E-state index in [4.69, 9.17) is 10.6 Å². The van der Waals surface area contributed by atoms with E-state index in [-0.39, 0.29) is 36.5 Å². The lowest BCUT2D eigenvalue weighted by atomic mass is 10.1. The molecule has 2 aromatic heterocycles. The van der Waals surface area contributed by atoms with Gasteiger partial charge in [0.1, 0.15) is 12.4 Å². The third-order valence-corrected chi connectivity index (χ3v) is 5.22. The maximum absolute atomic E-state index is 13.2. The lowest BCUT2D eigenvalue weighted by Gasteiger charge is -2.15. The molecule has 2 aromatic carbocycles. The van der Waals surface area contributed by atoms with E-state index in [2.05, 4.69) is 10.3 Å². The van der Waals surface area contributed by atoms with E-state index >= 15 is 0 Å². The summed E-state index contributed by atoms with van der Waals surface area (Å²) in [5.74, 6) is -0.679. The number of fused-ring (bicyclic) bond motifs is 1. The predicted molar refractivity (Wildman–Crippen MR) is 124 cm³/mol. The third-order valence-electron chi connectivity index (χ3n) is 5.22. The van der Waals surface area contributed by atoms with Crippen molar-refractivity contribution >= 4 is 16.9 Å². The quantitative estimate of drug-likeness (QED) is 0.383. The van der Waals surface area contributed by atoms with Crippen LogP contribution in [0.2, 0.25) is 0 Å². The number of pyridine rings is 2. The minimum Gasteiger partial charge on any atom is -0.507 e. The van der Waals surface area contributed by atoms with Crippen LogP contribution >= 0.6 is 0 Å². The van der Waals surface area contributed by atoms with E-state index < -0.39 is 11.5 Å². The fraction of sp³-hybridized carbons (Fsp3) is 0.160. The Balaban J connectivity index is 1.58. The molecule has 0 aliphatic rings. The summed E-state index contributed by atoms with van der Waals surface area (Å²) in [6.45, 7) is 0.810. The average Bonchev–Trinajstić information content (AvgIpc) is 2.86. The Hall–Kier alpha value is -4.17. The zero-order chi connectivity index (χ0) is 23.2.